The minimum absolute atomic E-state index is 0.318. The van der Waals surface area contributed by atoms with E-state index >= 15 is 0 Å². The number of hydrogen-bond donors (Lipinski definition) is 2. The van der Waals surface area contributed by atoms with Gasteiger partial charge < -0.3 is 19.2 Å². The second-order valence-electron chi connectivity index (χ2n) is 6.38. The number of aryl methyl sites for hydroxylation is 3. The monoisotopic (exact) mass is 350 g/mol. The van der Waals surface area contributed by atoms with E-state index in [1.165, 1.54) is 0 Å². The van der Waals surface area contributed by atoms with Crippen LogP contribution in [0.25, 0.3) is 34.0 Å². The second-order valence-corrected chi connectivity index (χ2v) is 6.38. The topological polar surface area (TPSA) is 92.5 Å². The van der Waals surface area contributed by atoms with Crippen LogP contribution in [0.4, 0.5) is 0 Å². The molecule has 0 unspecified atom stereocenters. The summed E-state index contributed by atoms with van der Waals surface area (Å²) < 4.78 is 11.5. The van der Waals surface area contributed by atoms with E-state index < -0.39 is 6.29 Å². The molecule has 0 fully saturated rings. The number of aromatic nitrogens is 2. The maximum atomic E-state index is 9.18. The lowest BCUT2D eigenvalue weighted by molar-refractivity contribution is -0.0424. The van der Waals surface area contributed by atoms with Gasteiger partial charge in [-0.05, 0) is 31.9 Å². The van der Waals surface area contributed by atoms with Crippen molar-refractivity contribution in [2.24, 2.45) is 0 Å². The summed E-state index contributed by atoms with van der Waals surface area (Å²) in [7, 11) is 0. The molecule has 26 heavy (non-hydrogen) atoms. The van der Waals surface area contributed by atoms with Gasteiger partial charge in [0.25, 0.3) is 5.89 Å². The average Bonchev–Trinajstić information content (AvgIpc) is 3.24. The number of furan rings is 1. The van der Waals surface area contributed by atoms with Crippen molar-refractivity contribution in [1.29, 1.82) is 0 Å². The molecule has 6 nitrogen and oxygen atoms in total. The highest BCUT2D eigenvalue weighted by Gasteiger charge is 2.21. The van der Waals surface area contributed by atoms with Gasteiger partial charge in [-0.25, -0.2) is 0 Å². The van der Waals surface area contributed by atoms with Crippen LogP contribution >= 0.6 is 0 Å². The van der Waals surface area contributed by atoms with E-state index in [0.717, 1.165) is 27.7 Å². The zero-order valence-electron chi connectivity index (χ0n) is 14.6. The molecule has 2 aromatic carbocycles. The summed E-state index contributed by atoms with van der Waals surface area (Å²) in [5.74, 6) is 1.30. The maximum absolute atomic E-state index is 9.18. The van der Waals surface area contributed by atoms with E-state index in [9.17, 15) is 10.2 Å². The standard InChI is InChI=1S/C20H18N2O4/c1-10-4-5-11(2)16-15(10)12(3)17(25-16)19-21-18(22-26-19)13-6-8-14(9-7-13)20(23)24/h4-9,20,23-24H,1-3H3. The number of rotatable bonds is 3. The Kier molecular flexibility index (Phi) is 3.86. The van der Waals surface area contributed by atoms with Gasteiger partial charge in [0.05, 0.1) is 0 Å². The summed E-state index contributed by atoms with van der Waals surface area (Å²) in [5, 5.41) is 23.4. The summed E-state index contributed by atoms with van der Waals surface area (Å²) in [6.45, 7) is 6.03. The Morgan fingerprint density at radius 3 is 2.27 bits per heavy atom. The molecule has 2 aromatic heterocycles. The molecular formula is C20H18N2O4. The summed E-state index contributed by atoms with van der Waals surface area (Å²) in [4.78, 5) is 4.44. The van der Waals surface area contributed by atoms with Crippen LogP contribution in [-0.2, 0) is 0 Å². The first kappa shape index (κ1) is 16.5. The van der Waals surface area contributed by atoms with Gasteiger partial charge in [-0.3, -0.25) is 0 Å². The lowest BCUT2D eigenvalue weighted by Crippen LogP contribution is -1.94. The van der Waals surface area contributed by atoms with Crippen LogP contribution in [0.2, 0.25) is 0 Å². The maximum Gasteiger partial charge on any atom is 0.294 e. The summed E-state index contributed by atoms with van der Waals surface area (Å²) >= 11 is 0. The van der Waals surface area contributed by atoms with Gasteiger partial charge in [0.2, 0.25) is 5.82 Å². The highest BCUT2D eigenvalue weighted by Crippen LogP contribution is 2.36. The van der Waals surface area contributed by atoms with Crippen LogP contribution in [-0.4, -0.2) is 20.4 Å². The van der Waals surface area contributed by atoms with Crippen LogP contribution in [0.1, 0.15) is 28.5 Å². The summed E-state index contributed by atoms with van der Waals surface area (Å²) in [6.07, 6.45) is -1.51. The second kappa shape index (κ2) is 6.09. The lowest BCUT2D eigenvalue weighted by atomic mass is 10.0. The first-order valence-electron chi connectivity index (χ1n) is 8.25. The van der Waals surface area contributed by atoms with Crippen LogP contribution in [0.5, 0.6) is 0 Å². The van der Waals surface area contributed by atoms with Gasteiger partial charge in [-0.15, -0.1) is 0 Å². The van der Waals surface area contributed by atoms with Gasteiger partial charge in [-0.2, -0.15) is 4.98 Å². The molecule has 0 spiro atoms. The number of benzene rings is 2. The minimum atomic E-state index is -1.51. The van der Waals surface area contributed by atoms with Gasteiger partial charge >= 0.3 is 0 Å². The molecule has 0 aliphatic rings. The largest absolute Gasteiger partial charge is 0.450 e. The van der Waals surface area contributed by atoms with Crippen molar-refractivity contribution in [1.82, 2.24) is 10.1 Å². The quantitative estimate of drug-likeness (QED) is 0.541. The van der Waals surface area contributed by atoms with Crippen molar-refractivity contribution in [3.63, 3.8) is 0 Å². The van der Waals surface area contributed by atoms with Gasteiger partial charge in [0.15, 0.2) is 12.1 Å². The molecule has 6 heteroatoms. The van der Waals surface area contributed by atoms with Crippen LogP contribution in [0, 0.1) is 20.8 Å². The molecule has 0 saturated heterocycles. The third-order valence-electron chi connectivity index (χ3n) is 4.57. The highest BCUT2D eigenvalue weighted by atomic mass is 16.5. The van der Waals surface area contributed by atoms with Crippen molar-refractivity contribution in [2.45, 2.75) is 27.1 Å². The van der Waals surface area contributed by atoms with E-state index in [1.54, 1.807) is 24.3 Å². The summed E-state index contributed by atoms with van der Waals surface area (Å²) in [5.41, 5.74) is 5.10. The van der Waals surface area contributed by atoms with Crippen molar-refractivity contribution < 1.29 is 19.2 Å². The van der Waals surface area contributed by atoms with E-state index in [0.29, 0.717) is 28.6 Å². The average molecular weight is 350 g/mol. The van der Waals surface area contributed by atoms with Crippen molar-refractivity contribution in [2.75, 3.05) is 0 Å². The number of aliphatic hydroxyl groups is 2. The fraction of sp³-hybridized carbons (Fsp3) is 0.200. The first-order valence-corrected chi connectivity index (χ1v) is 8.25. The molecule has 0 amide bonds. The molecule has 0 atom stereocenters. The highest BCUT2D eigenvalue weighted by molar-refractivity contribution is 5.91. The molecule has 0 saturated carbocycles. The van der Waals surface area contributed by atoms with E-state index in [-0.39, 0.29) is 0 Å². The van der Waals surface area contributed by atoms with Gasteiger partial charge in [0, 0.05) is 22.1 Å². The Bertz CT molecular complexity index is 1090. The third-order valence-corrected chi connectivity index (χ3v) is 4.57. The predicted molar refractivity (Wildman–Crippen MR) is 96.3 cm³/mol. The van der Waals surface area contributed by atoms with E-state index in [2.05, 4.69) is 16.2 Å². The zero-order chi connectivity index (χ0) is 18.4. The zero-order valence-corrected chi connectivity index (χ0v) is 14.6. The molecule has 4 rings (SSSR count). The number of aliphatic hydroxyl groups excluding tert-OH is 1. The number of nitrogens with zero attached hydrogens (tertiary/aromatic N) is 2. The molecule has 2 N–H and O–H groups in total. The Morgan fingerprint density at radius 2 is 1.62 bits per heavy atom. The Hall–Kier alpha value is -2.96. The Labute approximate surface area is 149 Å². The summed E-state index contributed by atoms with van der Waals surface area (Å²) in [6, 6.07) is 10.7. The Balaban J connectivity index is 1.77. The van der Waals surface area contributed by atoms with Crippen molar-refractivity contribution in [3.05, 3.63) is 58.7 Å². The predicted octanol–water partition coefficient (Wildman–Crippen LogP) is 4.06. The minimum Gasteiger partial charge on any atom is -0.450 e. The van der Waals surface area contributed by atoms with Crippen molar-refractivity contribution in [3.8, 4) is 23.0 Å². The SMILES string of the molecule is Cc1ccc(C)c2c(C)c(-c3nc(-c4ccc(C(O)O)cc4)no3)oc12. The van der Waals surface area contributed by atoms with Crippen LogP contribution in [0.3, 0.4) is 0 Å². The van der Waals surface area contributed by atoms with Gasteiger partial charge in [-0.1, -0.05) is 41.6 Å². The van der Waals surface area contributed by atoms with Crippen molar-refractivity contribution >= 4 is 11.0 Å². The Morgan fingerprint density at radius 1 is 0.923 bits per heavy atom. The molecule has 0 aliphatic carbocycles. The van der Waals surface area contributed by atoms with Gasteiger partial charge in [0.1, 0.15) is 5.58 Å². The third kappa shape index (κ3) is 2.60. The molecular weight excluding hydrogens is 332 g/mol. The van der Waals surface area contributed by atoms with E-state index in [4.69, 9.17) is 8.94 Å². The molecule has 0 bridgehead atoms. The fourth-order valence-electron chi connectivity index (χ4n) is 3.12. The normalized spacial score (nSPS) is 11.6. The number of hydrogen-bond acceptors (Lipinski definition) is 6. The molecule has 4 aromatic rings. The first-order chi connectivity index (χ1) is 12.5. The molecule has 132 valence electrons. The fourth-order valence-corrected chi connectivity index (χ4v) is 3.12. The molecule has 0 radical (unpaired) electrons. The van der Waals surface area contributed by atoms with Crippen LogP contribution < -0.4 is 0 Å². The lowest BCUT2D eigenvalue weighted by Gasteiger charge is -2.02. The molecule has 2 heterocycles. The van der Waals surface area contributed by atoms with E-state index in [1.807, 2.05) is 26.8 Å². The molecule has 0 aliphatic heterocycles. The van der Waals surface area contributed by atoms with Crippen LogP contribution in [0.15, 0.2) is 45.3 Å². The number of fused-ring (bicyclic) bond motifs is 1. The smallest absolute Gasteiger partial charge is 0.294 e.